The average molecular weight is 365 g/mol. The first-order valence-electron chi connectivity index (χ1n) is 8.40. The summed E-state index contributed by atoms with van der Waals surface area (Å²) in [6.07, 6.45) is 5.91. The first kappa shape index (κ1) is 19.6. The lowest BCUT2D eigenvalue weighted by molar-refractivity contribution is 0.287. The number of rotatable bonds is 7. The Labute approximate surface area is 149 Å². The molecule has 0 spiro atoms. The van der Waals surface area contributed by atoms with Gasteiger partial charge >= 0.3 is 0 Å². The predicted octanol–water partition coefficient (Wildman–Crippen LogP) is 2.94. The third-order valence-corrected chi connectivity index (χ3v) is 6.90. The van der Waals surface area contributed by atoms with Crippen molar-refractivity contribution in [1.82, 2.24) is 9.97 Å². The van der Waals surface area contributed by atoms with E-state index < -0.39 is 14.6 Å². The summed E-state index contributed by atoms with van der Waals surface area (Å²) in [5.41, 5.74) is 8.06. The van der Waals surface area contributed by atoms with Crippen LogP contribution in [0.3, 0.4) is 0 Å². The minimum Gasteiger partial charge on any atom is -0.477 e. The molecule has 0 aliphatic rings. The number of nitrogens with zero attached hydrogens (tertiary/aromatic N) is 2. The molecule has 2 heterocycles. The highest BCUT2D eigenvalue weighted by Crippen LogP contribution is 2.30. The second-order valence-electron chi connectivity index (χ2n) is 7.04. The fourth-order valence-electron chi connectivity index (χ4n) is 2.45. The molecule has 0 amide bonds. The number of fused-ring (bicyclic) bond motifs is 1. The number of sulfone groups is 1. The van der Waals surface area contributed by atoms with Gasteiger partial charge in [-0.15, -0.1) is 0 Å². The fourth-order valence-corrected chi connectivity index (χ4v) is 2.90. The minimum absolute atomic E-state index is 0.102. The van der Waals surface area contributed by atoms with Crippen LogP contribution in [0.4, 0.5) is 0 Å². The molecule has 2 aromatic rings. The van der Waals surface area contributed by atoms with Crippen molar-refractivity contribution in [2.45, 2.75) is 51.3 Å². The second-order valence-corrected chi connectivity index (χ2v) is 9.68. The lowest BCUT2D eigenvalue weighted by Crippen LogP contribution is -2.32. The van der Waals surface area contributed by atoms with Gasteiger partial charge in [0.1, 0.15) is 0 Å². The Morgan fingerprint density at radius 2 is 1.92 bits per heavy atom. The van der Waals surface area contributed by atoms with Crippen molar-refractivity contribution >= 4 is 20.6 Å². The lowest BCUT2D eigenvalue weighted by atomic mass is 10.0. The number of aryl methyl sites for hydroxylation is 1. The number of ether oxygens (including phenoxy) is 1. The van der Waals surface area contributed by atoms with Gasteiger partial charge in [-0.2, -0.15) is 0 Å². The molecule has 0 fully saturated rings. The number of hydrogen-bond donors (Lipinski definition) is 1. The summed E-state index contributed by atoms with van der Waals surface area (Å²) >= 11 is 0. The average Bonchev–Trinajstić information content (AvgIpc) is 2.52. The Balaban J connectivity index is 2.31. The Bertz CT molecular complexity index is 863. The molecule has 0 radical (unpaired) electrons. The van der Waals surface area contributed by atoms with Crippen LogP contribution < -0.4 is 10.5 Å². The van der Waals surface area contributed by atoms with E-state index in [1.807, 2.05) is 19.9 Å². The number of nitrogens with two attached hydrogens (primary N) is 1. The molecule has 6 nitrogen and oxygen atoms in total. The molecule has 2 aromatic heterocycles. The van der Waals surface area contributed by atoms with Crippen LogP contribution in [0.15, 0.2) is 18.5 Å². The summed E-state index contributed by atoms with van der Waals surface area (Å²) in [5.74, 6) is 0.457. The largest absolute Gasteiger partial charge is 0.477 e. The van der Waals surface area contributed by atoms with E-state index in [-0.39, 0.29) is 12.6 Å². The van der Waals surface area contributed by atoms with E-state index in [2.05, 4.69) is 9.97 Å². The molecule has 0 aromatic carbocycles. The maximum Gasteiger partial charge on any atom is 0.222 e. The van der Waals surface area contributed by atoms with Gasteiger partial charge in [0, 0.05) is 36.8 Å². The Hall–Kier alpha value is -1.73. The summed E-state index contributed by atoms with van der Waals surface area (Å²) < 4.78 is 28.6. The molecule has 0 aliphatic carbocycles. The molecule has 1 unspecified atom stereocenters. The van der Waals surface area contributed by atoms with E-state index in [0.29, 0.717) is 12.3 Å². The van der Waals surface area contributed by atoms with Crippen LogP contribution in [0.5, 0.6) is 5.88 Å². The standard InChI is InChI=1S/C18H27N3O3S/c1-6-16(19)14-10-21-17(15-11-20-12(2)9-13(14)15)24-8-7-18(3,4)25(5,22)23/h9-11,16H,6-8,19H2,1-5H3. The van der Waals surface area contributed by atoms with Crippen LogP contribution in [0.2, 0.25) is 0 Å². The van der Waals surface area contributed by atoms with Crippen LogP contribution >= 0.6 is 0 Å². The molecule has 0 saturated carbocycles. The van der Waals surface area contributed by atoms with Crippen LogP contribution in [0.25, 0.3) is 10.8 Å². The van der Waals surface area contributed by atoms with Gasteiger partial charge in [-0.3, -0.25) is 4.98 Å². The normalized spacial score (nSPS) is 13.8. The number of hydrogen-bond acceptors (Lipinski definition) is 6. The summed E-state index contributed by atoms with van der Waals surface area (Å²) in [5, 5.41) is 1.78. The monoisotopic (exact) mass is 365 g/mol. The molecule has 1 atom stereocenters. The molecule has 25 heavy (non-hydrogen) atoms. The van der Waals surface area contributed by atoms with Crippen LogP contribution in [0, 0.1) is 6.92 Å². The predicted molar refractivity (Wildman–Crippen MR) is 101 cm³/mol. The Morgan fingerprint density at radius 3 is 2.52 bits per heavy atom. The van der Waals surface area contributed by atoms with E-state index >= 15 is 0 Å². The van der Waals surface area contributed by atoms with E-state index in [0.717, 1.165) is 28.5 Å². The highest BCUT2D eigenvalue weighted by Gasteiger charge is 2.30. The molecule has 2 rings (SSSR count). The summed E-state index contributed by atoms with van der Waals surface area (Å²) in [6, 6.07) is 1.88. The zero-order valence-electron chi connectivity index (χ0n) is 15.5. The van der Waals surface area contributed by atoms with Crippen molar-refractivity contribution in [2.75, 3.05) is 12.9 Å². The molecule has 138 valence electrons. The van der Waals surface area contributed by atoms with Crippen LogP contribution in [0.1, 0.15) is 50.9 Å². The van der Waals surface area contributed by atoms with Gasteiger partial charge in [-0.1, -0.05) is 6.92 Å². The van der Waals surface area contributed by atoms with E-state index in [4.69, 9.17) is 10.5 Å². The first-order chi connectivity index (χ1) is 11.6. The highest BCUT2D eigenvalue weighted by molar-refractivity contribution is 7.92. The zero-order chi connectivity index (χ0) is 18.8. The number of aromatic nitrogens is 2. The van der Waals surface area contributed by atoms with E-state index in [9.17, 15) is 8.42 Å². The van der Waals surface area contributed by atoms with Crippen LogP contribution in [-0.2, 0) is 9.84 Å². The molecule has 7 heteroatoms. The first-order valence-corrected chi connectivity index (χ1v) is 10.3. The van der Waals surface area contributed by atoms with Crippen molar-refractivity contribution in [3.05, 3.63) is 29.7 Å². The van der Waals surface area contributed by atoms with E-state index in [1.54, 1.807) is 26.2 Å². The maximum absolute atomic E-state index is 11.8. The topological polar surface area (TPSA) is 95.2 Å². The maximum atomic E-state index is 11.8. The van der Waals surface area contributed by atoms with Gasteiger partial charge in [0.15, 0.2) is 9.84 Å². The van der Waals surface area contributed by atoms with Gasteiger partial charge in [0.25, 0.3) is 0 Å². The lowest BCUT2D eigenvalue weighted by Gasteiger charge is -2.22. The van der Waals surface area contributed by atoms with Gasteiger partial charge in [-0.05, 0) is 44.2 Å². The summed E-state index contributed by atoms with van der Waals surface area (Å²) in [6.45, 7) is 7.62. The van der Waals surface area contributed by atoms with E-state index in [1.165, 1.54) is 6.26 Å². The van der Waals surface area contributed by atoms with Crippen molar-refractivity contribution < 1.29 is 13.2 Å². The fraction of sp³-hybridized carbons (Fsp3) is 0.556. The Kier molecular flexibility index (Phi) is 5.68. The van der Waals surface area contributed by atoms with Gasteiger partial charge in [-0.25, -0.2) is 13.4 Å². The highest BCUT2D eigenvalue weighted by atomic mass is 32.2. The molecular formula is C18H27N3O3S. The number of pyridine rings is 2. The molecule has 0 aliphatic heterocycles. The quantitative estimate of drug-likeness (QED) is 0.810. The van der Waals surface area contributed by atoms with Crippen molar-refractivity contribution in [3.8, 4) is 5.88 Å². The van der Waals surface area contributed by atoms with Crippen molar-refractivity contribution in [2.24, 2.45) is 5.73 Å². The minimum atomic E-state index is -3.16. The smallest absolute Gasteiger partial charge is 0.222 e. The van der Waals surface area contributed by atoms with Crippen molar-refractivity contribution in [1.29, 1.82) is 0 Å². The van der Waals surface area contributed by atoms with Gasteiger partial charge in [0.05, 0.1) is 16.7 Å². The Morgan fingerprint density at radius 1 is 1.24 bits per heavy atom. The summed E-state index contributed by atoms with van der Waals surface area (Å²) in [4.78, 5) is 8.73. The second kappa shape index (κ2) is 7.25. The van der Waals surface area contributed by atoms with Gasteiger partial charge in [0.2, 0.25) is 5.88 Å². The molecule has 2 N–H and O–H groups in total. The van der Waals surface area contributed by atoms with Crippen LogP contribution in [-0.4, -0.2) is 36.0 Å². The molecular weight excluding hydrogens is 338 g/mol. The van der Waals surface area contributed by atoms with Gasteiger partial charge < -0.3 is 10.5 Å². The van der Waals surface area contributed by atoms with Crippen molar-refractivity contribution in [3.63, 3.8) is 0 Å². The summed E-state index contributed by atoms with van der Waals surface area (Å²) in [7, 11) is -3.16. The third kappa shape index (κ3) is 4.27. The molecule has 0 bridgehead atoms. The SMILES string of the molecule is CCC(N)c1cnc(OCCC(C)(C)S(C)(=O)=O)c2cnc(C)cc12. The zero-order valence-corrected chi connectivity index (χ0v) is 16.4. The molecule has 0 saturated heterocycles. The third-order valence-electron chi connectivity index (χ3n) is 4.69.